The van der Waals surface area contributed by atoms with Gasteiger partial charge < -0.3 is 14.8 Å². The Morgan fingerprint density at radius 2 is 1.48 bits per heavy atom. The van der Waals surface area contributed by atoms with E-state index in [9.17, 15) is 9.59 Å². The molecule has 0 aliphatic carbocycles. The molecule has 0 saturated carbocycles. The molecule has 0 bridgehead atoms. The van der Waals surface area contributed by atoms with E-state index >= 15 is 0 Å². The van der Waals surface area contributed by atoms with Crippen LogP contribution >= 0.6 is 0 Å². The van der Waals surface area contributed by atoms with E-state index in [1.165, 1.54) is 14.2 Å². The second-order valence-corrected chi connectivity index (χ2v) is 5.23. The smallest absolute Gasteiger partial charge is 0.336 e. The van der Waals surface area contributed by atoms with E-state index in [2.05, 4.69) is 12.2 Å². The van der Waals surface area contributed by atoms with Crippen molar-refractivity contribution in [3.05, 3.63) is 22.5 Å². The van der Waals surface area contributed by atoms with Crippen molar-refractivity contribution in [1.29, 1.82) is 0 Å². The topological polar surface area (TPSA) is 64.6 Å². The molecule has 0 aromatic heterocycles. The largest absolute Gasteiger partial charge is 0.466 e. The molecule has 0 atom stereocenters. The van der Waals surface area contributed by atoms with Gasteiger partial charge in [-0.1, -0.05) is 26.2 Å². The lowest BCUT2D eigenvalue weighted by Gasteiger charge is -2.29. The first-order valence-corrected chi connectivity index (χ1v) is 7.33. The summed E-state index contributed by atoms with van der Waals surface area (Å²) in [6.07, 6.45) is 3.82. The summed E-state index contributed by atoms with van der Waals surface area (Å²) in [7, 11) is 2.71. The van der Waals surface area contributed by atoms with E-state index in [1.807, 2.05) is 13.8 Å². The van der Waals surface area contributed by atoms with Gasteiger partial charge in [0.1, 0.15) is 0 Å². The SMILES string of the molecule is CCCCCC1C(C(=O)OC)=C(C)NC(C)=C1C(=O)OC. The Kier molecular flexibility index (Phi) is 6.46. The van der Waals surface area contributed by atoms with Gasteiger partial charge >= 0.3 is 11.9 Å². The van der Waals surface area contributed by atoms with E-state index in [4.69, 9.17) is 9.47 Å². The molecule has 5 heteroatoms. The van der Waals surface area contributed by atoms with Gasteiger partial charge in [-0.2, -0.15) is 0 Å². The Balaban J connectivity index is 3.18. The minimum absolute atomic E-state index is 0.266. The van der Waals surface area contributed by atoms with E-state index in [-0.39, 0.29) is 5.92 Å². The zero-order chi connectivity index (χ0) is 16.0. The molecule has 1 aliphatic rings. The standard InChI is InChI=1S/C16H25NO4/c1-6-7-8-9-12-13(15(18)20-4)10(2)17-11(3)14(12)16(19)21-5/h12,17H,6-9H2,1-5H3. The van der Waals surface area contributed by atoms with Crippen LogP contribution in [0, 0.1) is 5.92 Å². The molecule has 1 rings (SSSR count). The van der Waals surface area contributed by atoms with Gasteiger partial charge in [-0.3, -0.25) is 0 Å². The molecule has 0 fully saturated rings. The number of dihydropyridines is 1. The maximum atomic E-state index is 12.1. The lowest BCUT2D eigenvalue weighted by atomic mass is 9.82. The van der Waals surface area contributed by atoms with Crippen molar-refractivity contribution in [3.63, 3.8) is 0 Å². The first-order valence-electron chi connectivity index (χ1n) is 7.33. The monoisotopic (exact) mass is 295 g/mol. The van der Waals surface area contributed by atoms with Crippen LogP contribution in [-0.4, -0.2) is 26.2 Å². The average molecular weight is 295 g/mol. The predicted octanol–water partition coefficient (Wildman–Crippen LogP) is 2.68. The second-order valence-electron chi connectivity index (χ2n) is 5.23. The van der Waals surface area contributed by atoms with Crippen LogP contribution in [0.25, 0.3) is 0 Å². The highest BCUT2D eigenvalue weighted by Crippen LogP contribution is 2.34. The summed E-state index contributed by atoms with van der Waals surface area (Å²) >= 11 is 0. The summed E-state index contributed by atoms with van der Waals surface area (Å²) in [4.78, 5) is 24.2. The van der Waals surface area contributed by atoms with Gasteiger partial charge in [-0.25, -0.2) is 9.59 Å². The summed E-state index contributed by atoms with van der Waals surface area (Å²) in [5.74, 6) is -1.05. The Morgan fingerprint density at radius 1 is 1.00 bits per heavy atom. The van der Waals surface area contributed by atoms with E-state index in [0.29, 0.717) is 11.1 Å². The van der Waals surface area contributed by atoms with E-state index in [0.717, 1.165) is 37.1 Å². The van der Waals surface area contributed by atoms with Crippen LogP contribution in [0.5, 0.6) is 0 Å². The van der Waals surface area contributed by atoms with Crippen molar-refractivity contribution < 1.29 is 19.1 Å². The maximum absolute atomic E-state index is 12.1. The van der Waals surface area contributed by atoms with Gasteiger partial charge in [-0.05, 0) is 20.3 Å². The van der Waals surface area contributed by atoms with Crippen LogP contribution in [0.3, 0.4) is 0 Å². The summed E-state index contributed by atoms with van der Waals surface area (Å²) in [6.45, 7) is 5.78. The molecule has 0 unspecified atom stereocenters. The van der Waals surface area contributed by atoms with Gasteiger partial charge in [0.05, 0.1) is 25.4 Å². The number of unbranched alkanes of at least 4 members (excludes halogenated alkanes) is 2. The van der Waals surface area contributed by atoms with E-state index < -0.39 is 11.9 Å². The summed E-state index contributed by atoms with van der Waals surface area (Å²) in [6, 6.07) is 0. The molecule has 1 heterocycles. The minimum Gasteiger partial charge on any atom is -0.466 e. The van der Waals surface area contributed by atoms with E-state index in [1.54, 1.807) is 0 Å². The highest BCUT2D eigenvalue weighted by Gasteiger charge is 2.35. The normalized spacial score (nSPS) is 15.9. The third-order valence-electron chi connectivity index (χ3n) is 3.79. The van der Waals surface area contributed by atoms with Gasteiger partial charge in [0.2, 0.25) is 0 Å². The van der Waals surface area contributed by atoms with Crippen molar-refractivity contribution in [2.45, 2.75) is 46.5 Å². The minimum atomic E-state index is -0.393. The molecule has 0 spiro atoms. The quantitative estimate of drug-likeness (QED) is 0.603. The number of carbonyl (C=O) groups excluding carboxylic acids is 2. The summed E-state index contributed by atoms with van der Waals surface area (Å²) in [5, 5.41) is 3.09. The molecular formula is C16H25NO4. The Morgan fingerprint density at radius 3 is 1.86 bits per heavy atom. The fourth-order valence-corrected chi connectivity index (χ4v) is 2.78. The second kappa shape index (κ2) is 7.86. The molecule has 0 amide bonds. The molecule has 1 aliphatic heterocycles. The first-order chi connectivity index (χ1) is 9.97. The van der Waals surface area contributed by atoms with Crippen molar-refractivity contribution in [2.75, 3.05) is 14.2 Å². The van der Waals surface area contributed by atoms with Crippen LogP contribution in [-0.2, 0) is 19.1 Å². The predicted molar refractivity (Wildman–Crippen MR) is 80.2 cm³/mol. The van der Waals surface area contributed by atoms with Gasteiger partial charge in [0.25, 0.3) is 0 Å². The zero-order valence-corrected chi connectivity index (χ0v) is 13.5. The van der Waals surface area contributed by atoms with Gasteiger partial charge in [-0.15, -0.1) is 0 Å². The van der Waals surface area contributed by atoms with Crippen LogP contribution in [0.1, 0.15) is 46.5 Å². The fourth-order valence-electron chi connectivity index (χ4n) is 2.78. The molecule has 0 saturated heterocycles. The van der Waals surface area contributed by atoms with Crippen molar-refractivity contribution in [1.82, 2.24) is 5.32 Å². The third-order valence-corrected chi connectivity index (χ3v) is 3.79. The number of ether oxygens (including phenoxy) is 2. The number of carbonyl (C=O) groups is 2. The van der Waals surface area contributed by atoms with Crippen LogP contribution in [0.4, 0.5) is 0 Å². The molecule has 1 N–H and O–H groups in total. The molecule has 0 aromatic carbocycles. The highest BCUT2D eigenvalue weighted by molar-refractivity contribution is 5.97. The van der Waals surface area contributed by atoms with Gasteiger partial charge in [0, 0.05) is 17.3 Å². The number of nitrogens with one attached hydrogen (secondary N) is 1. The summed E-state index contributed by atoms with van der Waals surface area (Å²) < 4.78 is 9.76. The fraction of sp³-hybridized carbons (Fsp3) is 0.625. The highest BCUT2D eigenvalue weighted by atomic mass is 16.5. The maximum Gasteiger partial charge on any atom is 0.336 e. The molecule has 118 valence electrons. The molecule has 5 nitrogen and oxygen atoms in total. The average Bonchev–Trinajstić information content (AvgIpc) is 2.46. The number of hydrogen-bond acceptors (Lipinski definition) is 5. The molecule has 21 heavy (non-hydrogen) atoms. The van der Waals surface area contributed by atoms with Crippen molar-refractivity contribution >= 4 is 11.9 Å². The summed E-state index contributed by atoms with van der Waals surface area (Å²) in [5.41, 5.74) is 2.54. The molecule has 0 radical (unpaired) electrons. The van der Waals surface area contributed by atoms with Crippen LogP contribution in [0.2, 0.25) is 0 Å². The lowest BCUT2D eigenvalue weighted by molar-refractivity contribution is -0.137. The number of rotatable bonds is 6. The Hall–Kier alpha value is -1.78. The van der Waals surface area contributed by atoms with Gasteiger partial charge in [0.15, 0.2) is 0 Å². The third kappa shape index (κ3) is 3.86. The Bertz CT molecular complexity index is 439. The number of allylic oxidation sites excluding steroid dienone is 2. The zero-order valence-electron chi connectivity index (χ0n) is 13.5. The van der Waals surface area contributed by atoms with Crippen molar-refractivity contribution in [2.24, 2.45) is 5.92 Å². The van der Waals surface area contributed by atoms with Crippen LogP contribution < -0.4 is 5.32 Å². The number of methoxy groups -OCH3 is 2. The van der Waals surface area contributed by atoms with Crippen molar-refractivity contribution in [3.8, 4) is 0 Å². The number of esters is 2. The first kappa shape index (κ1) is 17.3. The van der Waals surface area contributed by atoms with Crippen LogP contribution in [0.15, 0.2) is 22.5 Å². The Labute approximate surface area is 126 Å². The number of hydrogen-bond donors (Lipinski definition) is 1. The molecular weight excluding hydrogens is 270 g/mol. The molecule has 0 aromatic rings. The lowest BCUT2D eigenvalue weighted by Crippen LogP contribution is -2.33.